The molecule has 2 N–H and O–H groups in total. The lowest BCUT2D eigenvalue weighted by Crippen LogP contribution is -1.69. The first-order valence-corrected chi connectivity index (χ1v) is 2.64. The lowest BCUT2D eigenvalue weighted by atomic mass is 10.4. The zero-order valence-electron chi connectivity index (χ0n) is 6.09. The molecule has 2 nitrogen and oxygen atoms in total. The van der Waals surface area contributed by atoms with Crippen molar-refractivity contribution in [3.63, 3.8) is 0 Å². The highest BCUT2D eigenvalue weighted by Gasteiger charge is 1.66. The van der Waals surface area contributed by atoms with Crippen LogP contribution in [0.2, 0.25) is 0 Å². The molecule has 0 saturated heterocycles. The van der Waals surface area contributed by atoms with Gasteiger partial charge in [0.2, 0.25) is 0 Å². The number of nitrogens with two attached hydrogens (primary N) is 1. The third-order valence-electron chi connectivity index (χ3n) is 0.400. The maximum Gasteiger partial charge on any atom is 0.0290 e. The van der Waals surface area contributed by atoms with Crippen molar-refractivity contribution < 1.29 is 0 Å². The third kappa shape index (κ3) is 19.2. The smallest absolute Gasteiger partial charge is 0.0290 e. The van der Waals surface area contributed by atoms with Gasteiger partial charge in [-0.2, -0.15) is 0 Å². The van der Waals surface area contributed by atoms with Crippen LogP contribution in [-0.4, -0.2) is 13.3 Å². The highest BCUT2D eigenvalue weighted by Crippen LogP contribution is 1.77. The third-order valence-corrected chi connectivity index (χ3v) is 0.400. The molecule has 0 atom stereocenters. The lowest BCUT2D eigenvalue weighted by Gasteiger charge is -1.76. The molecule has 0 unspecified atom stereocenters. The fourth-order valence-electron chi connectivity index (χ4n) is 0.180. The van der Waals surface area contributed by atoms with E-state index in [9.17, 15) is 0 Å². The fraction of sp³-hybridized carbons (Fsp3) is 0.286. The van der Waals surface area contributed by atoms with Crippen molar-refractivity contribution in [2.75, 3.05) is 7.05 Å². The van der Waals surface area contributed by atoms with Crippen molar-refractivity contribution in [3.05, 3.63) is 24.9 Å². The molecular formula is C7H14N2. The van der Waals surface area contributed by atoms with E-state index in [0.29, 0.717) is 0 Å². The van der Waals surface area contributed by atoms with Gasteiger partial charge >= 0.3 is 0 Å². The van der Waals surface area contributed by atoms with Gasteiger partial charge in [0, 0.05) is 12.4 Å². The molecule has 0 aromatic rings. The normalized spacial score (nSPS) is 7.89. The minimum absolute atomic E-state index is 0.944. The summed E-state index contributed by atoms with van der Waals surface area (Å²) in [6.45, 7) is 8.87. The van der Waals surface area contributed by atoms with E-state index in [4.69, 9.17) is 0 Å². The quantitative estimate of drug-likeness (QED) is 0.557. The van der Waals surface area contributed by atoms with E-state index >= 15 is 0 Å². The number of aliphatic imine (C=N–C) groups is 1. The van der Waals surface area contributed by atoms with Crippen molar-refractivity contribution >= 4 is 6.21 Å². The van der Waals surface area contributed by atoms with Crippen LogP contribution in [0.25, 0.3) is 0 Å². The van der Waals surface area contributed by atoms with Crippen LogP contribution in [0.3, 0.4) is 0 Å². The Morgan fingerprint density at radius 1 is 1.56 bits per heavy atom. The average molecular weight is 126 g/mol. The second kappa shape index (κ2) is 10.2. The van der Waals surface area contributed by atoms with E-state index in [-0.39, 0.29) is 0 Å². The van der Waals surface area contributed by atoms with Crippen LogP contribution in [0.4, 0.5) is 0 Å². The van der Waals surface area contributed by atoms with Crippen molar-refractivity contribution in [2.24, 2.45) is 10.7 Å². The Morgan fingerprint density at radius 2 is 2.00 bits per heavy atom. The molecule has 0 radical (unpaired) electrons. The topological polar surface area (TPSA) is 38.4 Å². The van der Waals surface area contributed by atoms with E-state index in [1.165, 1.54) is 13.2 Å². The first-order chi connectivity index (χ1) is 4.27. The number of rotatable bonds is 2. The molecule has 0 saturated carbocycles. The van der Waals surface area contributed by atoms with Crippen molar-refractivity contribution in [1.82, 2.24) is 0 Å². The van der Waals surface area contributed by atoms with Gasteiger partial charge in [0.05, 0.1) is 0 Å². The highest BCUT2D eigenvalue weighted by atomic mass is 14.6. The van der Waals surface area contributed by atoms with E-state index in [0.717, 1.165) is 5.57 Å². The van der Waals surface area contributed by atoms with Crippen LogP contribution >= 0.6 is 0 Å². The predicted octanol–water partition coefficient (Wildman–Crippen LogP) is 1.35. The van der Waals surface area contributed by atoms with E-state index in [1.807, 2.05) is 6.92 Å². The van der Waals surface area contributed by atoms with Gasteiger partial charge in [-0.15, -0.1) is 0 Å². The molecule has 0 aliphatic heterocycles. The summed E-state index contributed by atoms with van der Waals surface area (Å²) in [7, 11) is 1.50. The molecule has 0 bridgehead atoms. The minimum atomic E-state index is 0.944. The zero-order valence-corrected chi connectivity index (χ0v) is 6.09. The second-order valence-electron chi connectivity index (χ2n) is 1.31. The Hall–Kier alpha value is -0.890. The Kier molecular flexibility index (Phi) is 12.4. The van der Waals surface area contributed by atoms with Crippen molar-refractivity contribution in [1.29, 1.82) is 0 Å². The fourth-order valence-corrected chi connectivity index (χ4v) is 0.180. The monoisotopic (exact) mass is 126 g/mol. The molecule has 9 heavy (non-hydrogen) atoms. The van der Waals surface area contributed by atoms with Gasteiger partial charge in [-0.3, -0.25) is 4.99 Å². The Labute approximate surface area is 56.8 Å². The first-order valence-electron chi connectivity index (χ1n) is 2.64. The maximum absolute atomic E-state index is 4.50. The van der Waals surface area contributed by atoms with Crippen LogP contribution in [0, 0.1) is 0 Å². The summed E-state index contributed by atoms with van der Waals surface area (Å²) >= 11 is 0. The molecule has 0 aliphatic carbocycles. The zero-order chi connectivity index (χ0) is 7.70. The molecule has 52 valence electrons. The summed E-state index contributed by atoms with van der Waals surface area (Å²) in [6, 6.07) is 0. The van der Waals surface area contributed by atoms with Gasteiger partial charge in [-0.05, 0) is 19.5 Å². The van der Waals surface area contributed by atoms with Crippen LogP contribution in [0.1, 0.15) is 6.92 Å². The first kappa shape index (κ1) is 11.0. The summed E-state index contributed by atoms with van der Waals surface area (Å²) in [5.74, 6) is 0. The van der Waals surface area contributed by atoms with Gasteiger partial charge in [-0.1, -0.05) is 13.2 Å². The molecule has 0 rings (SSSR count). The van der Waals surface area contributed by atoms with Gasteiger partial charge in [0.15, 0.2) is 0 Å². The van der Waals surface area contributed by atoms with Crippen molar-refractivity contribution in [2.45, 2.75) is 6.92 Å². The standard InChI is InChI=1S/C6H9N.CH5N/c1-4-7-5-6(2)3;1-2/h4-5H,1-2H2,3H3;2H2,1H3. The largest absolute Gasteiger partial charge is 0.333 e. The van der Waals surface area contributed by atoms with Crippen LogP contribution in [-0.2, 0) is 0 Å². The molecule has 0 aromatic carbocycles. The SMILES string of the molecule is C=CN=CC(=C)C.CN. The minimum Gasteiger partial charge on any atom is -0.333 e. The summed E-state index contributed by atoms with van der Waals surface area (Å²) in [4.78, 5) is 3.71. The summed E-state index contributed by atoms with van der Waals surface area (Å²) in [5, 5.41) is 0. The van der Waals surface area contributed by atoms with E-state index < -0.39 is 0 Å². The highest BCUT2D eigenvalue weighted by molar-refractivity contribution is 5.76. The predicted molar refractivity (Wildman–Crippen MR) is 43.6 cm³/mol. The Balaban J connectivity index is 0. The molecule has 0 aromatic heterocycles. The van der Waals surface area contributed by atoms with Gasteiger partial charge in [0.25, 0.3) is 0 Å². The maximum atomic E-state index is 4.50. The molecule has 0 spiro atoms. The molecule has 0 heterocycles. The van der Waals surface area contributed by atoms with Crippen LogP contribution < -0.4 is 5.73 Å². The Morgan fingerprint density at radius 3 is 2.11 bits per heavy atom. The summed E-state index contributed by atoms with van der Waals surface area (Å²) < 4.78 is 0. The number of nitrogens with zero attached hydrogens (tertiary/aromatic N) is 1. The second-order valence-corrected chi connectivity index (χ2v) is 1.31. The number of hydrogen-bond donors (Lipinski definition) is 1. The van der Waals surface area contributed by atoms with E-state index in [1.54, 1.807) is 6.21 Å². The number of allylic oxidation sites excluding steroid dienone is 1. The van der Waals surface area contributed by atoms with Crippen LogP contribution in [0.5, 0.6) is 0 Å². The molecule has 0 fully saturated rings. The van der Waals surface area contributed by atoms with Gasteiger partial charge in [-0.25, -0.2) is 0 Å². The molecular weight excluding hydrogens is 112 g/mol. The molecule has 2 heteroatoms. The lowest BCUT2D eigenvalue weighted by molar-refractivity contribution is 1.48. The number of hydrogen-bond acceptors (Lipinski definition) is 2. The average Bonchev–Trinajstić information content (AvgIpc) is 1.88. The Bertz CT molecular complexity index is 103. The summed E-state index contributed by atoms with van der Waals surface area (Å²) in [6.07, 6.45) is 3.14. The van der Waals surface area contributed by atoms with Gasteiger partial charge in [0.1, 0.15) is 0 Å². The van der Waals surface area contributed by atoms with Gasteiger partial charge < -0.3 is 5.73 Å². The van der Waals surface area contributed by atoms with E-state index in [2.05, 4.69) is 23.9 Å². The van der Waals surface area contributed by atoms with Crippen molar-refractivity contribution in [3.8, 4) is 0 Å². The molecule has 0 amide bonds. The summed E-state index contributed by atoms with van der Waals surface area (Å²) in [5.41, 5.74) is 5.44. The van der Waals surface area contributed by atoms with Crippen LogP contribution in [0.15, 0.2) is 29.9 Å². The molecule has 0 aliphatic rings.